The molecule has 1 fully saturated rings. The lowest BCUT2D eigenvalue weighted by Crippen LogP contribution is -2.35. The van der Waals surface area contributed by atoms with E-state index in [0.717, 1.165) is 19.4 Å². The van der Waals surface area contributed by atoms with Crippen molar-refractivity contribution < 1.29 is 22.7 Å². The molecule has 8 heteroatoms. The summed E-state index contributed by atoms with van der Waals surface area (Å²) >= 11 is 0. The number of aryl methyl sites for hydroxylation is 1. The lowest BCUT2D eigenvalue weighted by molar-refractivity contribution is -0.123. The molecule has 1 aromatic carbocycles. The SMILES string of the molecule is Cc1cc(S(=O)(=O)NC(C)C)ccc1OCC(=O)NCC1CCCO1. The Hall–Kier alpha value is -1.64. The van der Waals surface area contributed by atoms with Gasteiger partial charge in [-0.1, -0.05) is 0 Å². The van der Waals surface area contributed by atoms with E-state index in [0.29, 0.717) is 17.9 Å². The van der Waals surface area contributed by atoms with Crippen molar-refractivity contribution in [3.05, 3.63) is 23.8 Å². The maximum atomic E-state index is 12.2. The predicted octanol–water partition coefficient (Wildman–Crippen LogP) is 1.36. The minimum atomic E-state index is -3.55. The van der Waals surface area contributed by atoms with Gasteiger partial charge in [-0.2, -0.15) is 0 Å². The summed E-state index contributed by atoms with van der Waals surface area (Å²) in [5.41, 5.74) is 0.651. The number of carbonyl (C=O) groups is 1. The Kier molecular flexibility index (Phi) is 6.80. The average Bonchev–Trinajstić information content (AvgIpc) is 3.03. The summed E-state index contributed by atoms with van der Waals surface area (Å²) in [7, 11) is -3.55. The first-order chi connectivity index (χ1) is 11.8. The van der Waals surface area contributed by atoms with Crippen molar-refractivity contribution in [3.8, 4) is 5.75 Å². The van der Waals surface area contributed by atoms with Gasteiger partial charge in [0.05, 0.1) is 11.0 Å². The summed E-state index contributed by atoms with van der Waals surface area (Å²) in [5, 5.41) is 2.78. The third kappa shape index (κ3) is 5.98. The summed E-state index contributed by atoms with van der Waals surface area (Å²) in [6.07, 6.45) is 2.07. The maximum absolute atomic E-state index is 12.2. The molecule has 1 aromatic rings. The molecule has 1 aliphatic heterocycles. The molecule has 1 atom stereocenters. The fraction of sp³-hybridized carbons (Fsp3) is 0.588. The number of amides is 1. The Bertz CT molecular complexity index is 697. The Balaban J connectivity index is 1.89. The van der Waals surface area contributed by atoms with Crippen LogP contribution in [0.5, 0.6) is 5.75 Å². The standard InChI is InChI=1S/C17H26N2O5S/c1-12(2)19-25(21,22)15-6-7-16(13(3)9-15)24-11-17(20)18-10-14-5-4-8-23-14/h6-7,9,12,14,19H,4-5,8,10-11H2,1-3H3,(H,18,20). The minimum Gasteiger partial charge on any atom is -0.484 e. The number of rotatable bonds is 8. The van der Waals surface area contributed by atoms with Gasteiger partial charge in [0, 0.05) is 19.2 Å². The molecule has 25 heavy (non-hydrogen) atoms. The van der Waals surface area contributed by atoms with Crippen molar-refractivity contribution in [2.75, 3.05) is 19.8 Å². The van der Waals surface area contributed by atoms with Crippen LogP contribution in [-0.2, 0) is 19.6 Å². The van der Waals surface area contributed by atoms with Crippen LogP contribution >= 0.6 is 0 Å². The van der Waals surface area contributed by atoms with E-state index in [-0.39, 0.29) is 29.6 Å². The molecule has 0 bridgehead atoms. The zero-order valence-electron chi connectivity index (χ0n) is 14.9. The van der Waals surface area contributed by atoms with Crippen molar-refractivity contribution in [2.45, 2.75) is 50.7 Å². The van der Waals surface area contributed by atoms with Gasteiger partial charge in [0.25, 0.3) is 5.91 Å². The van der Waals surface area contributed by atoms with E-state index in [4.69, 9.17) is 9.47 Å². The van der Waals surface area contributed by atoms with Gasteiger partial charge in [-0.05, 0) is 57.4 Å². The van der Waals surface area contributed by atoms with Gasteiger partial charge in [-0.25, -0.2) is 13.1 Å². The largest absolute Gasteiger partial charge is 0.484 e. The first-order valence-electron chi connectivity index (χ1n) is 8.42. The van der Waals surface area contributed by atoms with E-state index in [1.54, 1.807) is 26.8 Å². The summed E-state index contributed by atoms with van der Waals surface area (Å²) in [6, 6.07) is 4.38. The zero-order valence-corrected chi connectivity index (χ0v) is 15.7. The number of sulfonamides is 1. The van der Waals surface area contributed by atoms with E-state index >= 15 is 0 Å². The molecule has 0 aliphatic carbocycles. The van der Waals surface area contributed by atoms with Gasteiger partial charge in [0.1, 0.15) is 5.75 Å². The van der Waals surface area contributed by atoms with Crippen molar-refractivity contribution in [2.24, 2.45) is 0 Å². The monoisotopic (exact) mass is 370 g/mol. The highest BCUT2D eigenvalue weighted by molar-refractivity contribution is 7.89. The van der Waals surface area contributed by atoms with Crippen LogP contribution in [-0.4, -0.2) is 46.2 Å². The highest BCUT2D eigenvalue weighted by Crippen LogP contribution is 2.22. The highest BCUT2D eigenvalue weighted by Gasteiger charge is 2.18. The number of ether oxygens (including phenoxy) is 2. The van der Waals surface area contributed by atoms with Crippen LogP contribution < -0.4 is 14.8 Å². The summed E-state index contributed by atoms with van der Waals surface area (Å²) in [6.45, 7) is 6.38. The van der Waals surface area contributed by atoms with Gasteiger partial charge >= 0.3 is 0 Å². The second-order valence-corrected chi connectivity index (χ2v) is 8.15. The number of carbonyl (C=O) groups excluding carboxylic acids is 1. The van der Waals surface area contributed by atoms with E-state index < -0.39 is 10.0 Å². The molecular weight excluding hydrogens is 344 g/mol. The van der Waals surface area contributed by atoms with Crippen LogP contribution in [0.3, 0.4) is 0 Å². The van der Waals surface area contributed by atoms with Crippen molar-refractivity contribution in [1.29, 1.82) is 0 Å². The molecule has 7 nitrogen and oxygen atoms in total. The molecule has 2 rings (SSSR count). The first kappa shape index (κ1) is 19.7. The summed E-state index contributed by atoms with van der Waals surface area (Å²) in [4.78, 5) is 12.0. The molecule has 0 aromatic heterocycles. The van der Waals surface area contributed by atoms with Crippen LogP contribution in [0.15, 0.2) is 23.1 Å². The second-order valence-electron chi connectivity index (χ2n) is 6.43. The van der Waals surface area contributed by atoms with Crippen molar-refractivity contribution in [1.82, 2.24) is 10.0 Å². The topological polar surface area (TPSA) is 93.7 Å². The van der Waals surface area contributed by atoms with Gasteiger partial charge < -0.3 is 14.8 Å². The van der Waals surface area contributed by atoms with E-state index in [1.165, 1.54) is 12.1 Å². The number of benzene rings is 1. The van der Waals surface area contributed by atoms with E-state index in [1.807, 2.05) is 0 Å². The third-order valence-corrected chi connectivity index (χ3v) is 5.41. The molecule has 140 valence electrons. The smallest absolute Gasteiger partial charge is 0.258 e. The third-order valence-electron chi connectivity index (χ3n) is 3.76. The molecule has 1 unspecified atom stereocenters. The van der Waals surface area contributed by atoms with Crippen molar-refractivity contribution in [3.63, 3.8) is 0 Å². The second kappa shape index (κ2) is 8.64. The van der Waals surface area contributed by atoms with Crippen LogP contribution in [0.25, 0.3) is 0 Å². The Morgan fingerprint density at radius 1 is 1.40 bits per heavy atom. The number of hydrogen-bond donors (Lipinski definition) is 2. The minimum absolute atomic E-state index is 0.0867. The van der Waals surface area contributed by atoms with Gasteiger partial charge in [0.15, 0.2) is 6.61 Å². The van der Waals surface area contributed by atoms with Crippen molar-refractivity contribution >= 4 is 15.9 Å². The van der Waals surface area contributed by atoms with Crippen LogP contribution in [0, 0.1) is 6.92 Å². The molecular formula is C17H26N2O5S. The molecule has 1 saturated heterocycles. The first-order valence-corrected chi connectivity index (χ1v) is 9.90. The Morgan fingerprint density at radius 3 is 2.76 bits per heavy atom. The Labute approximate surface area is 149 Å². The molecule has 1 aliphatic rings. The molecule has 0 spiro atoms. The summed E-state index contributed by atoms with van der Waals surface area (Å²) < 4.78 is 37.8. The van der Waals surface area contributed by atoms with Crippen LogP contribution in [0.1, 0.15) is 32.3 Å². The Morgan fingerprint density at radius 2 is 2.16 bits per heavy atom. The lowest BCUT2D eigenvalue weighted by atomic mass is 10.2. The fourth-order valence-electron chi connectivity index (χ4n) is 2.56. The maximum Gasteiger partial charge on any atom is 0.258 e. The normalized spacial score (nSPS) is 17.7. The predicted molar refractivity (Wildman–Crippen MR) is 94.1 cm³/mol. The van der Waals surface area contributed by atoms with Gasteiger partial charge in [-0.15, -0.1) is 0 Å². The molecule has 2 N–H and O–H groups in total. The zero-order chi connectivity index (χ0) is 18.4. The number of nitrogens with one attached hydrogen (secondary N) is 2. The van der Waals surface area contributed by atoms with E-state index in [9.17, 15) is 13.2 Å². The number of hydrogen-bond acceptors (Lipinski definition) is 5. The highest BCUT2D eigenvalue weighted by atomic mass is 32.2. The van der Waals surface area contributed by atoms with E-state index in [2.05, 4.69) is 10.0 Å². The van der Waals surface area contributed by atoms with Crippen LogP contribution in [0.2, 0.25) is 0 Å². The fourth-order valence-corrected chi connectivity index (χ4v) is 3.89. The molecule has 0 saturated carbocycles. The summed E-state index contributed by atoms with van der Waals surface area (Å²) in [5.74, 6) is 0.254. The van der Waals surface area contributed by atoms with Crippen LogP contribution in [0.4, 0.5) is 0 Å². The van der Waals surface area contributed by atoms with Gasteiger partial charge in [0.2, 0.25) is 10.0 Å². The average molecular weight is 370 g/mol. The van der Waals surface area contributed by atoms with Gasteiger partial charge in [-0.3, -0.25) is 4.79 Å². The lowest BCUT2D eigenvalue weighted by Gasteiger charge is -2.14. The molecule has 1 heterocycles. The molecule has 1 amide bonds. The quantitative estimate of drug-likeness (QED) is 0.721. The molecule has 0 radical (unpaired) electrons.